The smallest absolute Gasteiger partial charge is 0.420 e. The van der Waals surface area contributed by atoms with Crippen molar-refractivity contribution in [3.05, 3.63) is 95.0 Å². The van der Waals surface area contributed by atoms with Gasteiger partial charge in [0.05, 0.1) is 12.1 Å². The fourth-order valence-corrected chi connectivity index (χ4v) is 2.63. The Labute approximate surface area is 138 Å². The number of hydrogen-bond acceptors (Lipinski definition) is 3. The molecule has 0 bridgehead atoms. The van der Waals surface area contributed by atoms with Crippen molar-refractivity contribution in [1.29, 1.82) is 0 Å². The van der Waals surface area contributed by atoms with E-state index >= 15 is 0 Å². The van der Waals surface area contributed by atoms with Crippen LogP contribution in [-0.4, -0.2) is 4.57 Å². The summed E-state index contributed by atoms with van der Waals surface area (Å²) < 4.78 is 12.7. The van der Waals surface area contributed by atoms with Crippen molar-refractivity contribution < 1.29 is 9.15 Å². The molecule has 4 nitrogen and oxygen atoms in total. The highest BCUT2D eigenvalue weighted by Crippen LogP contribution is 2.22. The van der Waals surface area contributed by atoms with Gasteiger partial charge in [0.25, 0.3) is 0 Å². The van der Waals surface area contributed by atoms with Crippen LogP contribution in [-0.2, 0) is 6.54 Å². The van der Waals surface area contributed by atoms with Gasteiger partial charge >= 0.3 is 5.76 Å². The van der Waals surface area contributed by atoms with Crippen LogP contribution >= 0.6 is 0 Å². The third-order valence-electron chi connectivity index (χ3n) is 3.82. The fourth-order valence-electron chi connectivity index (χ4n) is 2.63. The molecular weight excluding hydrogens is 302 g/mol. The molecule has 0 fully saturated rings. The van der Waals surface area contributed by atoms with E-state index in [1.165, 1.54) is 0 Å². The first-order chi connectivity index (χ1) is 11.8. The molecule has 0 amide bonds. The maximum absolute atomic E-state index is 12.0. The lowest BCUT2D eigenvalue weighted by molar-refractivity contribution is 0.482. The Morgan fingerprint density at radius 3 is 2.25 bits per heavy atom. The number of nitrogens with zero attached hydrogens (tertiary/aromatic N) is 1. The third kappa shape index (κ3) is 2.82. The topological polar surface area (TPSA) is 44.4 Å². The van der Waals surface area contributed by atoms with Crippen LogP contribution in [0.15, 0.2) is 88.1 Å². The zero-order valence-corrected chi connectivity index (χ0v) is 12.9. The highest BCUT2D eigenvalue weighted by molar-refractivity contribution is 5.72. The van der Waals surface area contributed by atoms with Gasteiger partial charge in [-0.3, -0.25) is 4.57 Å². The molecule has 4 heteroatoms. The first kappa shape index (κ1) is 14.3. The Kier molecular flexibility index (Phi) is 3.63. The molecular formula is C20H15NO3. The molecule has 4 rings (SSSR count). The van der Waals surface area contributed by atoms with Crippen molar-refractivity contribution in [2.24, 2.45) is 0 Å². The van der Waals surface area contributed by atoms with Crippen molar-refractivity contribution in [2.45, 2.75) is 6.54 Å². The average molecular weight is 317 g/mol. The summed E-state index contributed by atoms with van der Waals surface area (Å²) in [6, 6.07) is 24.7. The van der Waals surface area contributed by atoms with Gasteiger partial charge in [0, 0.05) is 0 Å². The molecule has 0 aliphatic rings. The lowest BCUT2D eigenvalue weighted by Crippen LogP contribution is -2.14. The Balaban J connectivity index is 1.57. The second-order valence-corrected chi connectivity index (χ2v) is 5.48. The number of ether oxygens (including phenoxy) is 1. The van der Waals surface area contributed by atoms with E-state index in [9.17, 15) is 4.79 Å². The van der Waals surface area contributed by atoms with Crippen LogP contribution in [0.25, 0.3) is 11.1 Å². The van der Waals surface area contributed by atoms with Gasteiger partial charge in [-0.2, -0.15) is 0 Å². The summed E-state index contributed by atoms with van der Waals surface area (Å²) in [6.45, 7) is 0.460. The van der Waals surface area contributed by atoms with Crippen molar-refractivity contribution in [3.8, 4) is 11.5 Å². The van der Waals surface area contributed by atoms with E-state index in [0.29, 0.717) is 12.1 Å². The Bertz CT molecular complexity index is 1010. The Hall–Kier alpha value is -3.27. The van der Waals surface area contributed by atoms with Crippen LogP contribution in [0.4, 0.5) is 0 Å². The molecule has 0 aliphatic carbocycles. The van der Waals surface area contributed by atoms with E-state index in [-0.39, 0.29) is 5.76 Å². The van der Waals surface area contributed by atoms with Gasteiger partial charge in [0.15, 0.2) is 5.58 Å². The number of rotatable bonds is 4. The molecule has 0 saturated heterocycles. The minimum Gasteiger partial charge on any atom is -0.457 e. The van der Waals surface area contributed by atoms with Crippen LogP contribution < -0.4 is 10.5 Å². The summed E-state index contributed by atoms with van der Waals surface area (Å²) in [4.78, 5) is 12.0. The minimum absolute atomic E-state index is 0.346. The number of fused-ring (bicyclic) bond motifs is 1. The minimum atomic E-state index is -0.346. The van der Waals surface area contributed by atoms with E-state index in [2.05, 4.69) is 0 Å². The van der Waals surface area contributed by atoms with Gasteiger partial charge in [-0.15, -0.1) is 0 Å². The molecule has 0 N–H and O–H groups in total. The zero-order valence-electron chi connectivity index (χ0n) is 12.9. The Morgan fingerprint density at radius 2 is 1.46 bits per heavy atom. The first-order valence-corrected chi connectivity index (χ1v) is 7.70. The molecule has 118 valence electrons. The van der Waals surface area contributed by atoms with Gasteiger partial charge < -0.3 is 9.15 Å². The average Bonchev–Trinajstić information content (AvgIpc) is 2.93. The van der Waals surface area contributed by atoms with Crippen molar-refractivity contribution in [1.82, 2.24) is 4.57 Å². The van der Waals surface area contributed by atoms with E-state index in [1.807, 2.05) is 72.8 Å². The van der Waals surface area contributed by atoms with Crippen molar-refractivity contribution in [2.75, 3.05) is 0 Å². The first-order valence-electron chi connectivity index (χ1n) is 7.70. The second-order valence-electron chi connectivity index (χ2n) is 5.48. The molecule has 24 heavy (non-hydrogen) atoms. The normalized spacial score (nSPS) is 10.8. The summed E-state index contributed by atoms with van der Waals surface area (Å²) in [6.07, 6.45) is 0. The molecule has 1 aromatic heterocycles. The van der Waals surface area contributed by atoms with Gasteiger partial charge in [0.2, 0.25) is 0 Å². The van der Waals surface area contributed by atoms with E-state index < -0.39 is 0 Å². The monoisotopic (exact) mass is 317 g/mol. The fraction of sp³-hybridized carbons (Fsp3) is 0.0500. The van der Waals surface area contributed by atoms with Crippen molar-refractivity contribution >= 4 is 11.1 Å². The zero-order chi connectivity index (χ0) is 16.4. The highest BCUT2D eigenvalue weighted by atomic mass is 16.5. The van der Waals surface area contributed by atoms with Crippen LogP contribution in [0.1, 0.15) is 5.56 Å². The summed E-state index contributed by atoms with van der Waals surface area (Å²) in [5.74, 6) is 1.21. The molecule has 1 heterocycles. The largest absolute Gasteiger partial charge is 0.457 e. The predicted octanol–water partition coefficient (Wildman–Crippen LogP) is 4.44. The van der Waals surface area contributed by atoms with Crippen molar-refractivity contribution in [3.63, 3.8) is 0 Å². The highest BCUT2D eigenvalue weighted by Gasteiger charge is 2.09. The molecule has 0 saturated carbocycles. The van der Waals surface area contributed by atoms with Gasteiger partial charge in [0.1, 0.15) is 11.5 Å². The number of oxazole rings is 1. The maximum Gasteiger partial charge on any atom is 0.420 e. The van der Waals surface area contributed by atoms with Crippen LogP contribution in [0, 0.1) is 0 Å². The van der Waals surface area contributed by atoms with Crippen LogP contribution in [0.3, 0.4) is 0 Å². The predicted molar refractivity (Wildman–Crippen MR) is 92.5 cm³/mol. The molecule has 0 radical (unpaired) electrons. The molecule has 4 aromatic rings. The summed E-state index contributed by atoms with van der Waals surface area (Å²) in [5.41, 5.74) is 2.41. The van der Waals surface area contributed by atoms with Gasteiger partial charge in [-0.1, -0.05) is 42.5 Å². The van der Waals surface area contributed by atoms with E-state index in [4.69, 9.17) is 9.15 Å². The summed E-state index contributed by atoms with van der Waals surface area (Å²) in [7, 11) is 0. The Morgan fingerprint density at radius 1 is 0.792 bits per heavy atom. The molecule has 0 spiro atoms. The molecule has 0 atom stereocenters. The summed E-state index contributed by atoms with van der Waals surface area (Å²) in [5, 5.41) is 0. The lowest BCUT2D eigenvalue weighted by atomic mass is 10.2. The second kappa shape index (κ2) is 6.08. The lowest BCUT2D eigenvalue weighted by Gasteiger charge is -2.07. The molecule has 3 aromatic carbocycles. The van der Waals surface area contributed by atoms with E-state index in [1.54, 1.807) is 10.6 Å². The summed E-state index contributed by atoms with van der Waals surface area (Å²) >= 11 is 0. The van der Waals surface area contributed by atoms with Gasteiger partial charge in [-0.05, 0) is 42.0 Å². The molecule has 0 unspecified atom stereocenters. The number of hydrogen-bond donors (Lipinski definition) is 0. The maximum atomic E-state index is 12.0. The van der Waals surface area contributed by atoms with Gasteiger partial charge in [-0.25, -0.2) is 4.79 Å². The number of benzene rings is 3. The van der Waals surface area contributed by atoms with Crippen LogP contribution in [0.2, 0.25) is 0 Å². The van der Waals surface area contributed by atoms with Crippen LogP contribution in [0.5, 0.6) is 11.5 Å². The third-order valence-corrected chi connectivity index (χ3v) is 3.82. The SMILES string of the molecule is O=c1oc2ccccc2n1Cc1ccc(Oc2ccccc2)cc1. The molecule has 0 aliphatic heterocycles. The van der Waals surface area contributed by atoms with E-state index in [0.717, 1.165) is 22.6 Å². The standard InChI is InChI=1S/C20H15NO3/c22-20-21(18-8-4-5-9-19(18)24-20)14-15-10-12-17(13-11-15)23-16-6-2-1-3-7-16/h1-13H,14H2. The quantitative estimate of drug-likeness (QED) is 0.559. The number of para-hydroxylation sites is 3. The number of aromatic nitrogens is 1.